The molecule has 4 aromatic rings. The molecule has 4 rings (SSSR count). The van der Waals surface area contributed by atoms with Gasteiger partial charge in [0.2, 0.25) is 0 Å². The van der Waals surface area contributed by atoms with E-state index in [4.69, 9.17) is 11.6 Å². The Labute approximate surface area is 162 Å². The first-order chi connectivity index (χ1) is 13.0. The number of aryl methyl sites for hydroxylation is 2. The summed E-state index contributed by atoms with van der Waals surface area (Å²) < 4.78 is 3.66. The van der Waals surface area contributed by atoms with Gasteiger partial charge >= 0.3 is 0 Å². The molecule has 0 fully saturated rings. The van der Waals surface area contributed by atoms with Gasteiger partial charge in [-0.25, -0.2) is 0 Å². The Hall–Kier alpha value is -3.05. The number of halogens is 1. The van der Waals surface area contributed by atoms with Gasteiger partial charge in [0.1, 0.15) is 5.69 Å². The summed E-state index contributed by atoms with van der Waals surface area (Å²) in [6.07, 6.45) is 3.49. The van der Waals surface area contributed by atoms with E-state index in [0.29, 0.717) is 22.9 Å². The molecule has 0 aliphatic rings. The van der Waals surface area contributed by atoms with Crippen molar-refractivity contribution < 1.29 is 4.79 Å². The van der Waals surface area contributed by atoms with Crippen LogP contribution in [0.5, 0.6) is 0 Å². The van der Waals surface area contributed by atoms with Crippen molar-refractivity contribution in [3.8, 4) is 0 Å². The Morgan fingerprint density at radius 1 is 1.19 bits per heavy atom. The molecule has 0 spiro atoms. The van der Waals surface area contributed by atoms with Gasteiger partial charge < -0.3 is 9.88 Å². The fourth-order valence-corrected chi connectivity index (χ4v) is 3.44. The molecule has 0 bridgehead atoms. The summed E-state index contributed by atoms with van der Waals surface area (Å²) in [5.41, 5.74) is 4.53. The Balaban J connectivity index is 1.54. The largest absolute Gasteiger partial charge is 0.340 e. The maximum absolute atomic E-state index is 12.7. The van der Waals surface area contributed by atoms with Gasteiger partial charge in [-0.1, -0.05) is 41.9 Å². The summed E-state index contributed by atoms with van der Waals surface area (Å²) >= 11 is 6.24. The van der Waals surface area contributed by atoms with Gasteiger partial charge in [0.25, 0.3) is 5.91 Å². The van der Waals surface area contributed by atoms with Crippen LogP contribution in [0.15, 0.2) is 60.9 Å². The van der Waals surface area contributed by atoms with E-state index in [1.807, 2.05) is 58.9 Å². The van der Waals surface area contributed by atoms with Crippen molar-refractivity contribution in [3.63, 3.8) is 0 Å². The Morgan fingerprint density at radius 3 is 2.78 bits per heavy atom. The lowest BCUT2D eigenvalue weighted by molar-refractivity contribution is 0.101. The molecule has 2 heterocycles. The van der Waals surface area contributed by atoms with Crippen LogP contribution in [-0.2, 0) is 13.6 Å². The van der Waals surface area contributed by atoms with Gasteiger partial charge in [-0.2, -0.15) is 5.10 Å². The van der Waals surface area contributed by atoms with Gasteiger partial charge in [0, 0.05) is 29.2 Å². The Morgan fingerprint density at radius 2 is 2.00 bits per heavy atom. The molecule has 1 N–H and O–H groups in total. The maximum Gasteiger partial charge on any atom is 0.272 e. The SMILES string of the molecule is Cc1ccccc1Cn1cc(NC(=O)c2cc3c(Cl)cccc3n2C)cn1. The van der Waals surface area contributed by atoms with Crippen LogP contribution in [-0.4, -0.2) is 20.3 Å². The zero-order valence-corrected chi connectivity index (χ0v) is 15.9. The molecule has 2 aromatic carbocycles. The summed E-state index contributed by atoms with van der Waals surface area (Å²) in [5.74, 6) is -0.194. The molecule has 0 atom stereocenters. The van der Waals surface area contributed by atoms with E-state index >= 15 is 0 Å². The van der Waals surface area contributed by atoms with Crippen LogP contribution in [0.4, 0.5) is 5.69 Å². The maximum atomic E-state index is 12.7. The third-order valence-electron chi connectivity index (χ3n) is 4.75. The third-order valence-corrected chi connectivity index (χ3v) is 5.08. The normalized spacial score (nSPS) is 11.1. The van der Waals surface area contributed by atoms with Crippen molar-refractivity contribution in [3.05, 3.63) is 82.8 Å². The molecule has 0 saturated carbocycles. The third kappa shape index (κ3) is 3.34. The van der Waals surface area contributed by atoms with Crippen molar-refractivity contribution in [2.24, 2.45) is 7.05 Å². The van der Waals surface area contributed by atoms with Gasteiger partial charge in [-0.3, -0.25) is 9.48 Å². The molecular weight excluding hydrogens is 360 g/mol. The number of aromatic nitrogens is 3. The van der Waals surface area contributed by atoms with Crippen molar-refractivity contribution in [1.82, 2.24) is 14.3 Å². The predicted molar refractivity (Wildman–Crippen MR) is 108 cm³/mol. The zero-order chi connectivity index (χ0) is 19.0. The van der Waals surface area contributed by atoms with E-state index in [9.17, 15) is 4.79 Å². The second kappa shape index (κ2) is 6.93. The fourth-order valence-electron chi connectivity index (χ4n) is 3.21. The number of carbonyl (C=O) groups is 1. The number of carbonyl (C=O) groups excluding carboxylic acids is 1. The van der Waals surface area contributed by atoms with Crippen LogP contribution in [0, 0.1) is 6.92 Å². The minimum Gasteiger partial charge on any atom is -0.340 e. The summed E-state index contributed by atoms with van der Waals surface area (Å²) in [6, 6.07) is 15.6. The van der Waals surface area contributed by atoms with E-state index in [-0.39, 0.29) is 5.91 Å². The highest BCUT2D eigenvalue weighted by Crippen LogP contribution is 2.26. The number of nitrogens with zero attached hydrogens (tertiary/aromatic N) is 3. The molecule has 0 unspecified atom stereocenters. The monoisotopic (exact) mass is 378 g/mol. The predicted octanol–water partition coefficient (Wildman–Crippen LogP) is 4.64. The van der Waals surface area contributed by atoms with Crippen molar-refractivity contribution in [1.29, 1.82) is 0 Å². The number of hydrogen-bond donors (Lipinski definition) is 1. The molecular formula is C21H19ClN4O. The number of fused-ring (bicyclic) bond motifs is 1. The van der Waals surface area contributed by atoms with Crippen LogP contribution in [0.2, 0.25) is 5.02 Å². The van der Waals surface area contributed by atoms with E-state index in [0.717, 1.165) is 10.9 Å². The zero-order valence-electron chi connectivity index (χ0n) is 15.1. The lowest BCUT2D eigenvalue weighted by Crippen LogP contribution is -2.15. The number of benzene rings is 2. The number of nitrogens with one attached hydrogen (secondary N) is 1. The molecule has 0 saturated heterocycles. The van der Waals surface area contributed by atoms with Gasteiger partial charge in [-0.15, -0.1) is 0 Å². The smallest absolute Gasteiger partial charge is 0.272 e. The van der Waals surface area contributed by atoms with E-state index in [1.54, 1.807) is 6.20 Å². The summed E-state index contributed by atoms with van der Waals surface area (Å²) in [6.45, 7) is 2.74. The highest BCUT2D eigenvalue weighted by Gasteiger charge is 2.15. The van der Waals surface area contributed by atoms with Gasteiger partial charge in [-0.05, 0) is 36.2 Å². The van der Waals surface area contributed by atoms with Crippen LogP contribution < -0.4 is 5.32 Å². The summed E-state index contributed by atoms with van der Waals surface area (Å²) in [4.78, 5) is 12.7. The van der Waals surface area contributed by atoms with Crippen LogP contribution in [0.1, 0.15) is 21.6 Å². The molecule has 0 radical (unpaired) electrons. The van der Waals surface area contributed by atoms with Crippen molar-refractivity contribution in [2.75, 3.05) is 5.32 Å². The fraction of sp³-hybridized carbons (Fsp3) is 0.143. The first-order valence-electron chi connectivity index (χ1n) is 8.65. The molecule has 0 aliphatic carbocycles. The Bertz CT molecular complexity index is 1140. The first-order valence-corrected chi connectivity index (χ1v) is 9.03. The number of rotatable bonds is 4. The standard InChI is InChI=1S/C21H19ClN4O/c1-14-6-3-4-7-15(14)12-26-13-16(11-23-26)24-21(27)20-10-17-18(22)8-5-9-19(17)25(20)2/h3-11,13H,12H2,1-2H3,(H,24,27). The van der Waals surface area contributed by atoms with Gasteiger partial charge in [0.15, 0.2) is 0 Å². The molecule has 136 valence electrons. The van der Waals surface area contributed by atoms with Crippen LogP contribution in [0.25, 0.3) is 10.9 Å². The average Bonchev–Trinajstić information content (AvgIpc) is 3.22. The molecule has 5 nitrogen and oxygen atoms in total. The molecule has 0 aliphatic heterocycles. The molecule has 1 amide bonds. The lowest BCUT2D eigenvalue weighted by Gasteiger charge is -2.06. The van der Waals surface area contributed by atoms with E-state index < -0.39 is 0 Å². The average molecular weight is 379 g/mol. The van der Waals surface area contributed by atoms with Crippen LogP contribution >= 0.6 is 11.6 Å². The second-order valence-electron chi connectivity index (χ2n) is 6.57. The van der Waals surface area contributed by atoms with Crippen molar-refractivity contribution >= 4 is 34.1 Å². The summed E-state index contributed by atoms with van der Waals surface area (Å²) in [7, 11) is 1.86. The van der Waals surface area contributed by atoms with Crippen LogP contribution in [0.3, 0.4) is 0 Å². The first kappa shape index (κ1) is 17.4. The number of hydrogen-bond acceptors (Lipinski definition) is 2. The highest BCUT2D eigenvalue weighted by molar-refractivity contribution is 6.35. The van der Waals surface area contributed by atoms with Crippen molar-refractivity contribution in [2.45, 2.75) is 13.5 Å². The minimum atomic E-state index is -0.194. The molecule has 6 heteroatoms. The molecule has 2 aromatic heterocycles. The lowest BCUT2D eigenvalue weighted by atomic mass is 10.1. The number of anilines is 1. The minimum absolute atomic E-state index is 0.194. The second-order valence-corrected chi connectivity index (χ2v) is 6.98. The van der Waals surface area contributed by atoms with E-state index in [2.05, 4.69) is 29.5 Å². The van der Waals surface area contributed by atoms with Gasteiger partial charge in [0.05, 0.1) is 18.4 Å². The topological polar surface area (TPSA) is 51.9 Å². The quantitative estimate of drug-likeness (QED) is 0.562. The number of amides is 1. The summed E-state index contributed by atoms with van der Waals surface area (Å²) in [5, 5.41) is 8.76. The van der Waals surface area contributed by atoms with E-state index in [1.165, 1.54) is 11.1 Å². The highest BCUT2D eigenvalue weighted by atomic mass is 35.5. The molecule has 27 heavy (non-hydrogen) atoms. The Kier molecular flexibility index (Phi) is 4.46.